The molecule has 0 N–H and O–H groups in total. The molecule has 1 heterocycles. The van der Waals surface area contributed by atoms with E-state index in [1.54, 1.807) is 0 Å². The number of imidazole rings is 1. The molecule has 3 aromatic rings. The zero-order valence-corrected chi connectivity index (χ0v) is 12.2. The van der Waals surface area contributed by atoms with Crippen LogP contribution in [0.15, 0.2) is 48.5 Å². The Bertz CT molecular complexity index is 807. The Morgan fingerprint density at radius 1 is 1.14 bits per heavy atom. The molecule has 0 spiro atoms. The fourth-order valence-electron chi connectivity index (χ4n) is 2.50. The van der Waals surface area contributed by atoms with E-state index in [0.717, 1.165) is 22.4 Å². The van der Waals surface area contributed by atoms with Gasteiger partial charge in [-0.3, -0.25) is 0 Å². The zero-order chi connectivity index (χ0) is 14.8. The summed E-state index contributed by atoms with van der Waals surface area (Å²) >= 11 is 0. The van der Waals surface area contributed by atoms with Crippen LogP contribution in [-0.2, 0) is 6.54 Å². The van der Waals surface area contributed by atoms with Crippen LogP contribution < -0.4 is 0 Å². The number of nitrogens with zero attached hydrogens (tertiary/aromatic N) is 3. The number of aromatic nitrogens is 2. The summed E-state index contributed by atoms with van der Waals surface area (Å²) in [5, 5.41) is 9.12. The second-order valence-electron chi connectivity index (χ2n) is 5.43. The van der Waals surface area contributed by atoms with Gasteiger partial charge in [-0.05, 0) is 26.0 Å². The third kappa shape index (κ3) is 2.53. The van der Waals surface area contributed by atoms with Crippen LogP contribution in [0, 0.1) is 24.2 Å². The quantitative estimate of drug-likeness (QED) is 0.719. The summed E-state index contributed by atoms with van der Waals surface area (Å²) in [5.74, 6) is 0.880. The van der Waals surface area contributed by atoms with Gasteiger partial charge in [-0.1, -0.05) is 42.0 Å². The zero-order valence-electron chi connectivity index (χ0n) is 12.2. The van der Waals surface area contributed by atoms with Crippen molar-refractivity contribution in [3.05, 3.63) is 54.1 Å². The summed E-state index contributed by atoms with van der Waals surface area (Å²) in [6.45, 7) is 4.67. The van der Waals surface area contributed by atoms with Crippen molar-refractivity contribution in [1.82, 2.24) is 9.55 Å². The van der Waals surface area contributed by atoms with Crippen molar-refractivity contribution in [2.45, 2.75) is 20.4 Å². The van der Waals surface area contributed by atoms with Crippen molar-refractivity contribution in [1.29, 1.82) is 5.26 Å². The van der Waals surface area contributed by atoms with Crippen molar-refractivity contribution in [2.75, 3.05) is 0 Å². The predicted molar refractivity (Wildman–Crippen MR) is 84.7 cm³/mol. The number of hydrogen-bond acceptors (Lipinski definition) is 2. The normalized spacial score (nSPS) is 12.2. The molecule has 1 aromatic heterocycles. The predicted octanol–water partition coefficient (Wildman–Crippen LogP) is 4.17. The van der Waals surface area contributed by atoms with Gasteiger partial charge in [-0.25, -0.2) is 4.98 Å². The highest BCUT2D eigenvalue weighted by molar-refractivity contribution is 5.80. The molecule has 0 aliphatic carbocycles. The van der Waals surface area contributed by atoms with Gasteiger partial charge in [0.1, 0.15) is 5.82 Å². The van der Waals surface area contributed by atoms with Gasteiger partial charge in [0.2, 0.25) is 0 Å². The molecule has 0 amide bonds. The highest BCUT2D eigenvalue weighted by Gasteiger charge is 2.14. The lowest BCUT2D eigenvalue weighted by atomic mass is 10.1. The minimum Gasteiger partial charge on any atom is -0.323 e. The van der Waals surface area contributed by atoms with Crippen molar-refractivity contribution < 1.29 is 0 Å². The van der Waals surface area contributed by atoms with E-state index in [0.29, 0.717) is 6.54 Å². The third-order valence-corrected chi connectivity index (χ3v) is 3.64. The highest BCUT2D eigenvalue weighted by atomic mass is 15.1. The first-order chi connectivity index (χ1) is 10.2. The van der Waals surface area contributed by atoms with E-state index >= 15 is 0 Å². The lowest BCUT2D eigenvalue weighted by molar-refractivity contribution is 0.597. The number of nitriles is 1. The van der Waals surface area contributed by atoms with Crippen molar-refractivity contribution in [3.63, 3.8) is 0 Å². The van der Waals surface area contributed by atoms with E-state index < -0.39 is 0 Å². The lowest BCUT2D eigenvalue weighted by Gasteiger charge is -2.10. The Morgan fingerprint density at radius 2 is 1.86 bits per heavy atom. The molecule has 0 aliphatic heterocycles. The fourth-order valence-corrected chi connectivity index (χ4v) is 2.50. The molecule has 3 rings (SSSR count). The van der Waals surface area contributed by atoms with Crippen LogP contribution in [-0.4, -0.2) is 9.55 Å². The fraction of sp³-hybridized carbons (Fsp3) is 0.222. The van der Waals surface area contributed by atoms with E-state index in [2.05, 4.69) is 47.9 Å². The minimum atomic E-state index is -0.0493. The SMILES string of the molecule is Cc1ccc(-c2nc3ccccc3n2CC(C)C#N)cc1. The Balaban J connectivity index is 2.19. The first kappa shape index (κ1) is 13.4. The molecule has 104 valence electrons. The van der Waals surface area contributed by atoms with Crippen LogP contribution in [0.5, 0.6) is 0 Å². The van der Waals surface area contributed by atoms with Gasteiger partial charge in [0.05, 0.1) is 23.0 Å². The third-order valence-electron chi connectivity index (χ3n) is 3.64. The van der Waals surface area contributed by atoms with E-state index in [-0.39, 0.29) is 5.92 Å². The Morgan fingerprint density at radius 3 is 2.57 bits per heavy atom. The van der Waals surface area contributed by atoms with Crippen molar-refractivity contribution in [2.24, 2.45) is 5.92 Å². The smallest absolute Gasteiger partial charge is 0.141 e. The van der Waals surface area contributed by atoms with E-state index in [1.807, 2.05) is 25.1 Å². The Hall–Kier alpha value is -2.60. The van der Waals surface area contributed by atoms with Crippen molar-refractivity contribution in [3.8, 4) is 17.5 Å². The maximum Gasteiger partial charge on any atom is 0.141 e. The molecule has 0 fully saturated rings. The summed E-state index contributed by atoms with van der Waals surface area (Å²) in [7, 11) is 0. The second kappa shape index (κ2) is 5.41. The maximum atomic E-state index is 9.12. The van der Waals surface area contributed by atoms with E-state index in [4.69, 9.17) is 10.2 Å². The molecule has 0 saturated heterocycles. The summed E-state index contributed by atoms with van der Waals surface area (Å²) in [5.41, 5.74) is 4.36. The average molecular weight is 275 g/mol. The van der Waals surface area contributed by atoms with Crippen LogP contribution in [0.1, 0.15) is 12.5 Å². The molecule has 0 radical (unpaired) electrons. The topological polar surface area (TPSA) is 41.6 Å². The summed E-state index contributed by atoms with van der Waals surface area (Å²) < 4.78 is 2.15. The van der Waals surface area contributed by atoms with Gasteiger partial charge in [0, 0.05) is 12.1 Å². The molecular formula is C18H17N3. The molecule has 0 aliphatic rings. The number of rotatable bonds is 3. The molecule has 1 unspecified atom stereocenters. The number of benzene rings is 2. The number of hydrogen-bond donors (Lipinski definition) is 0. The maximum absolute atomic E-state index is 9.12. The van der Waals surface area contributed by atoms with Gasteiger partial charge < -0.3 is 4.57 Å². The van der Waals surface area contributed by atoms with Crippen molar-refractivity contribution >= 4 is 11.0 Å². The molecule has 0 bridgehead atoms. The van der Waals surface area contributed by atoms with Gasteiger partial charge in [-0.2, -0.15) is 5.26 Å². The standard InChI is InChI=1S/C18H17N3/c1-13-7-9-15(10-8-13)18-20-16-5-3-4-6-17(16)21(18)12-14(2)11-19/h3-10,14H,12H2,1-2H3. The van der Waals surface area contributed by atoms with Crippen LogP contribution in [0.3, 0.4) is 0 Å². The van der Waals surface area contributed by atoms with Gasteiger partial charge >= 0.3 is 0 Å². The van der Waals surface area contributed by atoms with E-state index in [9.17, 15) is 0 Å². The molecular weight excluding hydrogens is 258 g/mol. The van der Waals surface area contributed by atoms with Crippen LogP contribution >= 0.6 is 0 Å². The highest BCUT2D eigenvalue weighted by Crippen LogP contribution is 2.26. The second-order valence-corrected chi connectivity index (χ2v) is 5.43. The van der Waals surface area contributed by atoms with Crippen LogP contribution in [0.4, 0.5) is 0 Å². The minimum absolute atomic E-state index is 0.0493. The first-order valence-electron chi connectivity index (χ1n) is 7.11. The van der Waals surface area contributed by atoms with E-state index in [1.165, 1.54) is 5.56 Å². The van der Waals surface area contributed by atoms with Gasteiger partial charge in [-0.15, -0.1) is 0 Å². The Kier molecular flexibility index (Phi) is 3.45. The molecule has 3 nitrogen and oxygen atoms in total. The number of para-hydroxylation sites is 2. The molecule has 1 atom stereocenters. The molecule has 2 aromatic carbocycles. The first-order valence-corrected chi connectivity index (χ1v) is 7.11. The summed E-state index contributed by atoms with van der Waals surface area (Å²) in [6.07, 6.45) is 0. The molecule has 21 heavy (non-hydrogen) atoms. The summed E-state index contributed by atoms with van der Waals surface area (Å²) in [6, 6.07) is 18.7. The molecule has 0 saturated carbocycles. The number of fused-ring (bicyclic) bond motifs is 1. The van der Waals surface area contributed by atoms with Crippen LogP contribution in [0.25, 0.3) is 22.4 Å². The van der Waals surface area contributed by atoms with Gasteiger partial charge in [0.15, 0.2) is 0 Å². The molecule has 3 heteroatoms. The number of aryl methyl sites for hydroxylation is 1. The van der Waals surface area contributed by atoms with Crippen LogP contribution in [0.2, 0.25) is 0 Å². The lowest BCUT2D eigenvalue weighted by Crippen LogP contribution is -2.07. The average Bonchev–Trinajstić information content (AvgIpc) is 2.87. The van der Waals surface area contributed by atoms with Gasteiger partial charge in [0.25, 0.3) is 0 Å². The summed E-state index contributed by atoms with van der Waals surface area (Å²) in [4.78, 5) is 4.75. The largest absolute Gasteiger partial charge is 0.323 e. The Labute approximate surface area is 124 Å². The monoisotopic (exact) mass is 275 g/mol.